The molecule has 0 atom stereocenters. The summed E-state index contributed by atoms with van der Waals surface area (Å²) < 4.78 is 28.1. The van der Waals surface area contributed by atoms with Crippen LogP contribution in [0.1, 0.15) is 6.42 Å². The van der Waals surface area contributed by atoms with E-state index in [1.54, 1.807) is 6.26 Å². The molecule has 2 aliphatic rings. The maximum atomic E-state index is 5.74. The van der Waals surface area contributed by atoms with Crippen molar-refractivity contribution in [1.82, 2.24) is 0 Å². The Balaban J connectivity index is 2.19. The summed E-state index contributed by atoms with van der Waals surface area (Å²) in [4.78, 5) is 0. The molecule has 138 valence electrons. The Morgan fingerprint density at radius 1 is 0.840 bits per heavy atom. The van der Waals surface area contributed by atoms with E-state index < -0.39 is 8.07 Å². The molecule has 0 amide bonds. The Hall–Kier alpha value is -1.68. The van der Waals surface area contributed by atoms with E-state index in [-0.39, 0.29) is 0 Å². The van der Waals surface area contributed by atoms with Gasteiger partial charge in [0, 0.05) is 6.42 Å². The van der Waals surface area contributed by atoms with Crippen LogP contribution < -0.4 is 0 Å². The highest BCUT2D eigenvalue weighted by Gasteiger charge is 2.13. The molecule has 2 rings (SSSR count). The van der Waals surface area contributed by atoms with E-state index in [0.717, 1.165) is 17.1 Å². The number of allylic oxidation sites excluding steroid dienone is 3. The lowest BCUT2D eigenvalue weighted by atomic mass is 10.2. The van der Waals surface area contributed by atoms with Gasteiger partial charge in [-0.25, -0.2) is 0 Å². The molecule has 0 aliphatic carbocycles. The summed E-state index contributed by atoms with van der Waals surface area (Å²) in [5, 5.41) is 0. The van der Waals surface area contributed by atoms with Gasteiger partial charge in [0.15, 0.2) is 5.76 Å². The van der Waals surface area contributed by atoms with Gasteiger partial charge in [-0.3, -0.25) is 0 Å². The summed E-state index contributed by atoms with van der Waals surface area (Å²) in [6.45, 7) is 10.5. The highest BCUT2D eigenvalue weighted by molar-refractivity contribution is 6.83. The fraction of sp³-hybridized carbons (Fsp3) is 0.579. The monoisotopic (exact) mass is 364 g/mol. The van der Waals surface area contributed by atoms with Crippen LogP contribution in [0.5, 0.6) is 0 Å². The van der Waals surface area contributed by atoms with E-state index in [9.17, 15) is 0 Å². The highest BCUT2D eigenvalue weighted by atomic mass is 28.3. The standard InChI is InChI=1S/C19H28O5Si/c1-25(2,3)15-7-17-4-5-18-19(24-14-13-23-18)6-8-20-9-10-21-11-12-22-16-17/h4-5,16H,6,8-14H2,1-3H3/b5-4-,17-16+. The maximum Gasteiger partial charge on any atom is 0.157 e. The predicted molar refractivity (Wildman–Crippen MR) is 99.5 cm³/mol. The molecular formula is C19H28O5Si. The highest BCUT2D eigenvalue weighted by Crippen LogP contribution is 2.19. The summed E-state index contributed by atoms with van der Waals surface area (Å²) in [6, 6.07) is 0. The van der Waals surface area contributed by atoms with Crippen LogP contribution >= 0.6 is 0 Å². The molecule has 6 heteroatoms. The van der Waals surface area contributed by atoms with Crippen LogP contribution in [0.4, 0.5) is 0 Å². The molecule has 0 fully saturated rings. The molecular weight excluding hydrogens is 336 g/mol. The van der Waals surface area contributed by atoms with Crippen molar-refractivity contribution in [3.05, 3.63) is 35.5 Å². The second kappa shape index (κ2) is 10.3. The first-order valence-electron chi connectivity index (χ1n) is 8.72. The third-order valence-electron chi connectivity index (χ3n) is 3.29. The minimum atomic E-state index is -1.47. The zero-order valence-corrected chi connectivity index (χ0v) is 16.4. The fourth-order valence-electron chi connectivity index (χ4n) is 2.08. The van der Waals surface area contributed by atoms with E-state index in [0.29, 0.717) is 52.7 Å². The lowest BCUT2D eigenvalue weighted by Gasteiger charge is -2.20. The summed E-state index contributed by atoms with van der Waals surface area (Å²) in [5.74, 6) is 4.78. The van der Waals surface area contributed by atoms with Gasteiger partial charge in [0.1, 0.15) is 33.7 Å². The van der Waals surface area contributed by atoms with E-state index >= 15 is 0 Å². The molecule has 5 nitrogen and oxygen atoms in total. The first-order chi connectivity index (χ1) is 12.0. The van der Waals surface area contributed by atoms with Crippen LogP contribution in [0, 0.1) is 11.5 Å². The summed E-state index contributed by atoms with van der Waals surface area (Å²) in [5.41, 5.74) is 4.17. The van der Waals surface area contributed by atoms with E-state index in [4.69, 9.17) is 23.7 Å². The van der Waals surface area contributed by atoms with Gasteiger partial charge in [0.2, 0.25) is 0 Å². The van der Waals surface area contributed by atoms with Gasteiger partial charge in [-0.15, -0.1) is 5.54 Å². The molecule has 0 saturated heterocycles. The molecule has 0 aromatic rings. The van der Waals surface area contributed by atoms with Gasteiger partial charge in [0.25, 0.3) is 0 Å². The van der Waals surface area contributed by atoms with Crippen molar-refractivity contribution in [3.8, 4) is 11.5 Å². The topological polar surface area (TPSA) is 46.2 Å². The van der Waals surface area contributed by atoms with Crippen molar-refractivity contribution >= 4 is 8.07 Å². The van der Waals surface area contributed by atoms with Gasteiger partial charge >= 0.3 is 0 Å². The summed E-state index contributed by atoms with van der Waals surface area (Å²) in [7, 11) is -1.47. The van der Waals surface area contributed by atoms with Crippen LogP contribution in [0.3, 0.4) is 0 Å². The molecule has 0 radical (unpaired) electrons. The zero-order valence-electron chi connectivity index (χ0n) is 15.4. The average Bonchev–Trinajstić information content (AvgIpc) is 2.58. The molecule has 0 N–H and O–H groups in total. The van der Waals surface area contributed by atoms with Crippen molar-refractivity contribution in [3.63, 3.8) is 0 Å². The number of ether oxygens (including phenoxy) is 5. The molecule has 0 saturated carbocycles. The third-order valence-corrected chi connectivity index (χ3v) is 4.16. The molecule has 0 unspecified atom stereocenters. The third kappa shape index (κ3) is 8.30. The van der Waals surface area contributed by atoms with E-state index in [1.165, 1.54) is 0 Å². The number of rotatable bonds is 0. The second-order valence-electron chi connectivity index (χ2n) is 6.74. The first kappa shape index (κ1) is 19.6. The van der Waals surface area contributed by atoms with Gasteiger partial charge in [-0.05, 0) is 12.2 Å². The predicted octanol–water partition coefficient (Wildman–Crippen LogP) is 3.02. The molecule has 0 bridgehead atoms. The first-order valence-corrected chi connectivity index (χ1v) is 12.2. The molecule has 0 spiro atoms. The largest absolute Gasteiger partial charge is 0.497 e. The maximum absolute atomic E-state index is 5.74. The van der Waals surface area contributed by atoms with Crippen molar-refractivity contribution < 1.29 is 23.7 Å². The Morgan fingerprint density at radius 3 is 2.36 bits per heavy atom. The minimum absolute atomic E-state index is 0.486. The summed E-state index contributed by atoms with van der Waals surface area (Å²) >= 11 is 0. The Labute approximate surface area is 151 Å². The number of hydrogen-bond donors (Lipinski definition) is 0. The lowest BCUT2D eigenvalue weighted by molar-refractivity contribution is 0.0215. The van der Waals surface area contributed by atoms with Crippen LogP contribution in [0.25, 0.3) is 0 Å². The lowest BCUT2D eigenvalue weighted by Crippen LogP contribution is -2.16. The van der Waals surface area contributed by atoms with Gasteiger partial charge in [0.05, 0.1) is 38.3 Å². The fourth-order valence-corrected chi connectivity index (χ4v) is 2.60. The minimum Gasteiger partial charge on any atom is -0.497 e. The van der Waals surface area contributed by atoms with Crippen molar-refractivity contribution in [2.75, 3.05) is 46.2 Å². The molecule has 2 aliphatic heterocycles. The molecule has 25 heavy (non-hydrogen) atoms. The van der Waals surface area contributed by atoms with Crippen molar-refractivity contribution in [1.29, 1.82) is 0 Å². The quantitative estimate of drug-likeness (QED) is 0.488. The Kier molecular flexibility index (Phi) is 8.12. The van der Waals surface area contributed by atoms with Gasteiger partial charge in [-0.1, -0.05) is 25.6 Å². The summed E-state index contributed by atoms with van der Waals surface area (Å²) in [6.07, 6.45) is 6.18. The van der Waals surface area contributed by atoms with Crippen LogP contribution in [-0.2, 0) is 23.7 Å². The van der Waals surface area contributed by atoms with E-state index in [1.807, 2.05) is 12.2 Å². The van der Waals surface area contributed by atoms with Crippen molar-refractivity contribution in [2.45, 2.75) is 26.1 Å². The average molecular weight is 365 g/mol. The zero-order chi connectivity index (χ0) is 18.0. The van der Waals surface area contributed by atoms with Crippen LogP contribution in [-0.4, -0.2) is 54.3 Å². The van der Waals surface area contributed by atoms with Crippen LogP contribution in [0.15, 0.2) is 35.5 Å². The van der Waals surface area contributed by atoms with E-state index in [2.05, 4.69) is 31.1 Å². The SMILES string of the molecule is C[Si](C)(C)C#CC1=C/OCCOCCOCCC2=C(/C=C\1)OCCO2. The smallest absolute Gasteiger partial charge is 0.157 e. The molecule has 0 aromatic heterocycles. The van der Waals surface area contributed by atoms with Gasteiger partial charge < -0.3 is 23.7 Å². The Bertz CT molecular complexity index is 575. The number of hydrogen-bond acceptors (Lipinski definition) is 5. The Morgan fingerprint density at radius 2 is 1.56 bits per heavy atom. The van der Waals surface area contributed by atoms with Crippen LogP contribution in [0.2, 0.25) is 19.6 Å². The van der Waals surface area contributed by atoms with Gasteiger partial charge in [-0.2, -0.15) is 0 Å². The molecule has 0 aromatic carbocycles. The molecule has 2 heterocycles. The van der Waals surface area contributed by atoms with Crippen molar-refractivity contribution in [2.24, 2.45) is 0 Å². The normalized spacial score (nSPS) is 23.7. The second-order valence-corrected chi connectivity index (χ2v) is 11.5.